The Morgan fingerprint density at radius 2 is 2.00 bits per heavy atom. The molecule has 0 spiro atoms. The van der Waals surface area contributed by atoms with Crippen LogP contribution in [-0.2, 0) is 6.54 Å². The molecule has 0 aromatic carbocycles. The van der Waals surface area contributed by atoms with Crippen LogP contribution in [0.2, 0.25) is 0 Å². The minimum absolute atomic E-state index is 0.753. The van der Waals surface area contributed by atoms with Crippen molar-refractivity contribution in [3.8, 4) is 0 Å². The van der Waals surface area contributed by atoms with Gasteiger partial charge in [0.25, 0.3) is 0 Å². The standard InChI is InChI=1S/C14H24N2S/c1-11-4-9-14(17-11)10-16(3)13-7-5-12(15-2)6-8-13/h4,9,12-13,15H,5-8,10H2,1-3H3. The summed E-state index contributed by atoms with van der Waals surface area (Å²) in [5, 5.41) is 3.40. The van der Waals surface area contributed by atoms with E-state index in [-0.39, 0.29) is 0 Å². The van der Waals surface area contributed by atoms with Crippen LogP contribution in [-0.4, -0.2) is 31.1 Å². The molecular weight excluding hydrogens is 228 g/mol. The highest BCUT2D eigenvalue weighted by Gasteiger charge is 2.23. The normalized spacial score (nSPS) is 25.4. The topological polar surface area (TPSA) is 15.3 Å². The molecule has 3 heteroatoms. The van der Waals surface area contributed by atoms with Gasteiger partial charge in [-0.3, -0.25) is 4.90 Å². The average molecular weight is 252 g/mol. The van der Waals surface area contributed by atoms with Crippen LogP contribution in [0.4, 0.5) is 0 Å². The van der Waals surface area contributed by atoms with Crippen LogP contribution in [0.15, 0.2) is 12.1 Å². The van der Waals surface area contributed by atoms with Crippen molar-refractivity contribution >= 4 is 11.3 Å². The van der Waals surface area contributed by atoms with Gasteiger partial charge in [-0.15, -0.1) is 11.3 Å². The Bertz CT molecular complexity index is 340. The van der Waals surface area contributed by atoms with Crippen LogP contribution in [0.25, 0.3) is 0 Å². The first-order chi connectivity index (χ1) is 8.19. The predicted molar refractivity (Wildman–Crippen MR) is 75.6 cm³/mol. The highest BCUT2D eigenvalue weighted by atomic mass is 32.1. The van der Waals surface area contributed by atoms with Crippen molar-refractivity contribution in [3.63, 3.8) is 0 Å². The lowest BCUT2D eigenvalue weighted by molar-refractivity contribution is 0.171. The van der Waals surface area contributed by atoms with Crippen molar-refractivity contribution in [3.05, 3.63) is 21.9 Å². The molecule has 2 nitrogen and oxygen atoms in total. The largest absolute Gasteiger partial charge is 0.317 e. The summed E-state index contributed by atoms with van der Waals surface area (Å²) in [6.07, 6.45) is 5.34. The number of hydrogen-bond acceptors (Lipinski definition) is 3. The van der Waals surface area contributed by atoms with Crippen molar-refractivity contribution in [1.82, 2.24) is 10.2 Å². The van der Waals surface area contributed by atoms with Gasteiger partial charge in [0.2, 0.25) is 0 Å². The summed E-state index contributed by atoms with van der Waals surface area (Å²) in [6.45, 7) is 3.31. The number of nitrogens with zero attached hydrogens (tertiary/aromatic N) is 1. The zero-order valence-electron chi connectivity index (χ0n) is 11.2. The molecule has 1 N–H and O–H groups in total. The summed E-state index contributed by atoms with van der Waals surface area (Å²) >= 11 is 1.93. The number of thiophene rings is 1. The molecule has 0 bridgehead atoms. The van der Waals surface area contributed by atoms with Gasteiger partial charge in [-0.2, -0.15) is 0 Å². The Labute approximate surface area is 109 Å². The third kappa shape index (κ3) is 3.54. The molecule has 0 saturated heterocycles. The highest BCUT2D eigenvalue weighted by Crippen LogP contribution is 2.25. The van der Waals surface area contributed by atoms with E-state index in [1.54, 1.807) is 0 Å². The van der Waals surface area contributed by atoms with Crippen molar-refractivity contribution in [1.29, 1.82) is 0 Å². The van der Waals surface area contributed by atoms with E-state index in [0.29, 0.717) is 0 Å². The molecule has 1 aliphatic rings. The summed E-state index contributed by atoms with van der Waals surface area (Å²) in [5.41, 5.74) is 0. The first-order valence-corrected chi connectivity index (χ1v) is 7.43. The monoisotopic (exact) mass is 252 g/mol. The molecule has 1 aromatic rings. The van der Waals surface area contributed by atoms with Crippen molar-refractivity contribution in [2.45, 2.75) is 51.2 Å². The van der Waals surface area contributed by atoms with Gasteiger partial charge in [0, 0.05) is 28.4 Å². The highest BCUT2D eigenvalue weighted by molar-refractivity contribution is 7.11. The minimum Gasteiger partial charge on any atom is -0.317 e. The maximum atomic E-state index is 3.40. The van der Waals surface area contributed by atoms with E-state index in [2.05, 4.69) is 43.4 Å². The number of nitrogens with one attached hydrogen (secondary N) is 1. The van der Waals surface area contributed by atoms with Gasteiger partial charge in [0.05, 0.1) is 0 Å². The molecule has 1 aromatic heterocycles. The Kier molecular flexibility index (Phi) is 4.60. The van der Waals surface area contributed by atoms with E-state index < -0.39 is 0 Å². The molecule has 96 valence electrons. The maximum Gasteiger partial charge on any atom is 0.0327 e. The van der Waals surface area contributed by atoms with Crippen LogP contribution in [0.5, 0.6) is 0 Å². The summed E-state index contributed by atoms with van der Waals surface area (Å²) in [4.78, 5) is 5.46. The van der Waals surface area contributed by atoms with Gasteiger partial charge in [-0.05, 0) is 58.8 Å². The lowest BCUT2D eigenvalue weighted by atomic mass is 9.90. The van der Waals surface area contributed by atoms with Gasteiger partial charge in [-0.1, -0.05) is 0 Å². The molecule has 0 radical (unpaired) electrons. The third-order valence-corrected chi connectivity index (χ3v) is 4.91. The zero-order valence-corrected chi connectivity index (χ0v) is 12.0. The van der Waals surface area contributed by atoms with E-state index in [9.17, 15) is 0 Å². The first-order valence-electron chi connectivity index (χ1n) is 6.62. The van der Waals surface area contributed by atoms with Gasteiger partial charge in [0.15, 0.2) is 0 Å². The second-order valence-corrected chi connectivity index (χ2v) is 6.59. The van der Waals surface area contributed by atoms with Crippen molar-refractivity contribution in [2.24, 2.45) is 0 Å². The zero-order chi connectivity index (χ0) is 12.3. The molecule has 1 heterocycles. The Hall–Kier alpha value is -0.380. The second-order valence-electron chi connectivity index (χ2n) is 5.22. The molecular formula is C14H24N2S. The first kappa shape index (κ1) is 13.1. The fourth-order valence-electron chi connectivity index (χ4n) is 2.75. The number of rotatable bonds is 4. The quantitative estimate of drug-likeness (QED) is 0.886. The van der Waals surface area contributed by atoms with Gasteiger partial charge in [0.1, 0.15) is 0 Å². The van der Waals surface area contributed by atoms with E-state index >= 15 is 0 Å². The maximum absolute atomic E-state index is 3.40. The molecule has 0 atom stereocenters. The molecule has 2 rings (SSSR count). The van der Waals surface area contributed by atoms with Crippen molar-refractivity contribution in [2.75, 3.05) is 14.1 Å². The summed E-state index contributed by atoms with van der Waals surface area (Å²) < 4.78 is 0. The van der Waals surface area contributed by atoms with Gasteiger partial charge < -0.3 is 5.32 Å². The fourth-order valence-corrected chi connectivity index (χ4v) is 3.70. The fraction of sp³-hybridized carbons (Fsp3) is 0.714. The second kappa shape index (κ2) is 5.98. The Morgan fingerprint density at radius 1 is 1.29 bits per heavy atom. The van der Waals surface area contributed by atoms with E-state index in [0.717, 1.165) is 18.6 Å². The minimum atomic E-state index is 0.753. The Morgan fingerprint density at radius 3 is 2.53 bits per heavy atom. The van der Waals surface area contributed by atoms with Crippen LogP contribution >= 0.6 is 11.3 Å². The van der Waals surface area contributed by atoms with Gasteiger partial charge in [-0.25, -0.2) is 0 Å². The summed E-state index contributed by atoms with van der Waals surface area (Å²) in [5.74, 6) is 0. The molecule has 0 unspecified atom stereocenters. The van der Waals surface area contributed by atoms with Gasteiger partial charge >= 0.3 is 0 Å². The van der Waals surface area contributed by atoms with Crippen LogP contribution in [0.1, 0.15) is 35.4 Å². The summed E-state index contributed by atoms with van der Waals surface area (Å²) in [6, 6.07) is 6.03. The van der Waals surface area contributed by atoms with E-state index in [1.807, 2.05) is 11.3 Å². The SMILES string of the molecule is CNC1CCC(N(C)Cc2ccc(C)s2)CC1. The van der Waals surface area contributed by atoms with Crippen LogP contribution in [0, 0.1) is 6.92 Å². The number of hydrogen-bond donors (Lipinski definition) is 1. The van der Waals surface area contributed by atoms with Crippen LogP contribution < -0.4 is 5.32 Å². The molecule has 1 saturated carbocycles. The number of aryl methyl sites for hydroxylation is 1. The molecule has 1 aliphatic carbocycles. The molecule has 0 amide bonds. The summed E-state index contributed by atoms with van der Waals surface area (Å²) in [7, 11) is 4.36. The smallest absolute Gasteiger partial charge is 0.0327 e. The van der Waals surface area contributed by atoms with Crippen LogP contribution in [0.3, 0.4) is 0 Å². The average Bonchev–Trinajstić information content (AvgIpc) is 2.75. The lowest BCUT2D eigenvalue weighted by Gasteiger charge is -2.34. The predicted octanol–water partition coefficient (Wildman–Crippen LogP) is 3.02. The molecule has 17 heavy (non-hydrogen) atoms. The molecule has 1 fully saturated rings. The Balaban J connectivity index is 1.82. The van der Waals surface area contributed by atoms with Crippen molar-refractivity contribution < 1.29 is 0 Å². The third-order valence-electron chi connectivity index (χ3n) is 3.93. The van der Waals surface area contributed by atoms with E-state index in [1.165, 1.54) is 35.4 Å². The molecule has 0 aliphatic heterocycles. The lowest BCUT2D eigenvalue weighted by Crippen LogP contribution is -2.39. The van der Waals surface area contributed by atoms with E-state index in [4.69, 9.17) is 0 Å².